The van der Waals surface area contributed by atoms with Crippen LogP contribution >= 0.6 is 29.9 Å². The minimum atomic E-state index is -2.86. The van der Waals surface area contributed by atoms with Gasteiger partial charge in [-0.05, 0) is 43.0 Å². The second-order valence-corrected chi connectivity index (χ2v) is 9.74. The molecule has 0 heterocycles. The molecule has 0 aliphatic carbocycles. The third-order valence-electron chi connectivity index (χ3n) is 2.51. The van der Waals surface area contributed by atoms with E-state index in [9.17, 15) is 4.57 Å². The molecular weight excluding hydrogens is 335 g/mol. The lowest BCUT2D eigenvalue weighted by Crippen LogP contribution is -1.94. The Morgan fingerprint density at radius 1 is 0.955 bits per heavy atom. The van der Waals surface area contributed by atoms with Crippen LogP contribution in [0.4, 0.5) is 0 Å². The van der Waals surface area contributed by atoms with Crippen LogP contribution in [0.2, 0.25) is 0 Å². The van der Waals surface area contributed by atoms with Crippen LogP contribution in [-0.2, 0) is 20.0 Å². The Balaban J connectivity index is 0.000000461. The molecule has 0 saturated heterocycles. The lowest BCUT2D eigenvalue weighted by molar-refractivity contribution is 0.237. The highest BCUT2D eigenvalue weighted by Crippen LogP contribution is 2.60. The Morgan fingerprint density at radius 2 is 1.55 bits per heavy atom. The number of rotatable bonds is 10. The van der Waals surface area contributed by atoms with Gasteiger partial charge in [-0.15, -0.1) is 0 Å². The molecular formula is C16H29O3PS2. The molecule has 3 nitrogen and oxygen atoms in total. The quantitative estimate of drug-likeness (QED) is 0.381. The zero-order valence-electron chi connectivity index (χ0n) is 14.1. The third kappa shape index (κ3) is 11.6. The Labute approximate surface area is 144 Å². The molecule has 0 radical (unpaired) electrons. The molecule has 0 atom stereocenters. The number of thioether (sulfide) groups is 1. The smallest absolute Gasteiger partial charge is 0.301 e. The topological polar surface area (TPSA) is 35.5 Å². The second-order valence-electron chi connectivity index (χ2n) is 4.15. The Morgan fingerprint density at radius 3 is 1.95 bits per heavy atom. The fraction of sp³-hybridized carbons (Fsp3) is 0.625. The van der Waals surface area contributed by atoms with Gasteiger partial charge in [-0.3, -0.25) is 0 Å². The molecule has 1 aromatic rings. The van der Waals surface area contributed by atoms with Gasteiger partial charge in [0.1, 0.15) is 0 Å². The Hall–Kier alpha value is 0.0700. The Bertz CT molecular complexity index is 392. The highest BCUT2D eigenvalue weighted by Gasteiger charge is 2.23. The van der Waals surface area contributed by atoms with E-state index in [4.69, 9.17) is 9.05 Å². The maximum atomic E-state index is 11.9. The molecule has 128 valence electrons. The molecule has 0 spiro atoms. The van der Waals surface area contributed by atoms with E-state index >= 15 is 0 Å². The summed E-state index contributed by atoms with van der Waals surface area (Å²) in [5, 5.41) is 0. The predicted molar refractivity (Wildman–Crippen MR) is 102 cm³/mol. The molecule has 0 fully saturated rings. The van der Waals surface area contributed by atoms with E-state index in [2.05, 4.69) is 38.1 Å². The van der Waals surface area contributed by atoms with Gasteiger partial charge in [-0.2, -0.15) is 11.8 Å². The zero-order chi connectivity index (χ0) is 16.7. The number of aryl methyl sites for hydroxylation is 1. The van der Waals surface area contributed by atoms with Crippen LogP contribution in [0.15, 0.2) is 30.3 Å². The molecule has 0 bridgehead atoms. The summed E-state index contributed by atoms with van der Waals surface area (Å²) < 4.78 is 22.2. The highest BCUT2D eigenvalue weighted by molar-refractivity contribution is 8.55. The zero-order valence-corrected chi connectivity index (χ0v) is 16.6. The Kier molecular flexibility index (Phi) is 14.7. The highest BCUT2D eigenvalue weighted by atomic mass is 32.7. The van der Waals surface area contributed by atoms with Crippen molar-refractivity contribution in [3.63, 3.8) is 0 Å². The fourth-order valence-electron chi connectivity index (χ4n) is 1.49. The van der Waals surface area contributed by atoms with Gasteiger partial charge < -0.3 is 9.05 Å². The molecule has 0 N–H and O–H groups in total. The maximum absolute atomic E-state index is 11.9. The molecule has 0 unspecified atom stereocenters. The van der Waals surface area contributed by atoms with Gasteiger partial charge in [-0.1, -0.05) is 44.2 Å². The summed E-state index contributed by atoms with van der Waals surface area (Å²) >= 11 is 3.14. The fourth-order valence-corrected chi connectivity index (χ4v) is 6.05. The minimum Gasteiger partial charge on any atom is -0.301 e. The van der Waals surface area contributed by atoms with E-state index in [-0.39, 0.29) is 0 Å². The first-order chi connectivity index (χ1) is 10.6. The van der Waals surface area contributed by atoms with Crippen LogP contribution in [-0.4, -0.2) is 30.5 Å². The van der Waals surface area contributed by atoms with Crippen molar-refractivity contribution in [3.8, 4) is 0 Å². The van der Waals surface area contributed by atoms with Gasteiger partial charge in [-0.25, -0.2) is 4.57 Å². The van der Waals surface area contributed by atoms with Gasteiger partial charge in [0.25, 0.3) is 0 Å². The second kappa shape index (κ2) is 14.6. The van der Waals surface area contributed by atoms with Crippen LogP contribution < -0.4 is 0 Å². The molecule has 0 aliphatic rings. The molecule has 6 heteroatoms. The first kappa shape index (κ1) is 22.1. The standard InChI is InChI=1S/C8H19O3PS2.C8H10/c1-4-10-12(9,11-5-2)14-8-7-13-6-3;1-2-8-6-4-3-5-7-8/h4-8H2,1-3H3;3-7H,2H2,1H3. The van der Waals surface area contributed by atoms with E-state index < -0.39 is 6.80 Å². The van der Waals surface area contributed by atoms with Crippen molar-refractivity contribution in [1.29, 1.82) is 0 Å². The van der Waals surface area contributed by atoms with Gasteiger partial charge in [0.2, 0.25) is 0 Å². The summed E-state index contributed by atoms with van der Waals surface area (Å²) in [6.07, 6.45) is 1.14. The van der Waals surface area contributed by atoms with Gasteiger partial charge in [0.05, 0.1) is 13.2 Å². The van der Waals surface area contributed by atoms with E-state index in [0.29, 0.717) is 13.2 Å². The lowest BCUT2D eigenvalue weighted by atomic mass is 10.2. The normalized spacial score (nSPS) is 10.9. The monoisotopic (exact) mass is 364 g/mol. The largest absolute Gasteiger partial charge is 0.389 e. The minimum absolute atomic E-state index is 0.436. The first-order valence-electron chi connectivity index (χ1n) is 7.77. The summed E-state index contributed by atoms with van der Waals surface area (Å²) in [5.74, 6) is 2.90. The van der Waals surface area contributed by atoms with E-state index in [1.807, 2.05) is 31.7 Å². The number of benzene rings is 1. The van der Waals surface area contributed by atoms with Crippen LogP contribution in [0.1, 0.15) is 33.3 Å². The van der Waals surface area contributed by atoms with Crippen molar-refractivity contribution in [2.24, 2.45) is 0 Å². The van der Waals surface area contributed by atoms with Crippen LogP contribution in [0.5, 0.6) is 0 Å². The molecule has 0 aliphatic heterocycles. The van der Waals surface area contributed by atoms with Crippen molar-refractivity contribution in [2.45, 2.75) is 34.1 Å². The van der Waals surface area contributed by atoms with E-state index in [1.54, 1.807) is 0 Å². The average molecular weight is 365 g/mol. The van der Waals surface area contributed by atoms with Crippen molar-refractivity contribution < 1.29 is 13.6 Å². The SMILES string of the molecule is CCOP(=O)(OCC)SCCSCC.CCc1ccccc1. The van der Waals surface area contributed by atoms with Crippen LogP contribution in [0, 0.1) is 0 Å². The van der Waals surface area contributed by atoms with Crippen molar-refractivity contribution in [1.82, 2.24) is 0 Å². The lowest BCUT2D eigenvalue weighted by Gasteiger charge is -2.15. The molecule has 0 saturated carbocycles. The summed E-state index contributed by atoms with van der Waals surface area (Å²) in [5.41, 5.74) is 1.41. The average Bonchev–Trinajstić information content (AvgIpc) is 2.53. The van der Waals surface area contributed by atoms with Gasteiger partial charge >= 0.3 is 6.80 Å². The van der Waals surface area contributed by atoms with Crippen LogP contribution in [0.25, 0.3) is 0 Å². The van der Waals surface area contributed by atoms with Crippen molar-refractivity contribution >= 4 is 29.9 Å². The first-order valence-corrected chi connectivity index (χ1v) is 12.1. The third-order valence-corrected chi connectivity index (χ3v) is 7.65. The maximum Gasteiger partial charge on any atom is 0.389 e. The van der Waals surface area contributed by atoms with E-state index in [1.165, 1.54) is 16.9 Å². The summed E-state index contributed by atoms with van der Waals surface area (Å²) in [7, 11) is 0. The summed E-state index contributed by atoms with van der Waals surface area (Å²) in [6.45, 7) is 5.94. The van der Waals surface area contributed by atoms with Crippen LogP contribution in [0.3, 0.4) is 0 Å². The molecule has 0 amide bonds. The molecule has 1 aromatic carbocycles. The molecule has 1 rings (SSSR count). The number of hydrogen-bond donors (Lipinski definition) is 0. The molecule has 22 heavy (non-hydrogen) atoms. The molecule has 0 aromatic heterocycles. The summed E-state index contributed by atoms with van der Waals surface area (Å²) in [4.78, 5) is 0. The predicted octanol–water partition coefficient (Wildman–Crippen LogP) is 5.90. The number of hydrogen-bond acceptors (Lipinski definition) is 5. The van der Waals surface area contributed by atoms with Gasteiger partial charge in [0.15, 0.2) is 0 Å². The van der Waals surface area contributed by atoms with Gasteiger partial charge in [0, 0.05) is 11.5 Å². The summed E-state index contributed by atoms with van der Waals surface area (Å²) in [6, 6.07) is 10.5. The van der Waals surface area contributed by atoms with Crippen molar-refractivity contribution in [3.05, 3.63) is 35.9 Å². The van der Waals surface area contributed by atoms with E-state index in [0.717, 1.165) is 23.7 Å². The van der Waals surface area contributed by atoms with Crippen molar-refractivity contribution in [2.75, 3.05) is 30.5 Å².